The number of nitrogens with one attached hydrogen (secondary N) is 4. The zero-order valence-corrected chi connectivity index (χ0v) is 20.6. The van der Waals surface area contributed by atoms with Crippen LogP contribution in [0, 0.1) is 29.1 Å². The molecule has 0 aliphatic heterocycles. The van der Waals surface area contributed by atoms with Gasteiger partial charge in [0.2, 0.25) is 11.9 Å². The van der Waals surface area contributed by atoms with Gasteiger partial charge in [0.1, 0.15) is 17.6 Å². The molecule has 10 heteroatoms. The number of carbonyl (C=O) groups is 2. The SMILES string of the molecule is CCCN/C(=C\N)C(=O)N[C@H](C(=O)Nc1ccc(C(C(C)=N)=C(C)N)c(F)n1)C(C1CC1)C1CC1. The number of nitrogens with zero attached hydrogens (tertiary/aromatic N) is 1. The number of carbonyl (C=O) groups excluding carboxylic acids is 2. The Morgan fingerprint density at radius 1 is 1.23 bits per heavy atom. The van der Waals surface area contributed by atoms with Crippen LogP contribution < -0.4 is 27.4 Å². The van der Waals surface area contributed by atoms with Gasteiger partial charge in [-0.15, -0.1) is 0 Å². The van der Waals surface area contributed by atoms with Crippen LogP contribution in [0.15, 0.2) is 29.7 Å². The Bertz CT molecular complexity index is 1030. The Kier molecular flexibility index (Phi) is 8.48. The van der Waals surface area contributed by atoms with Crippen molar-refractivity contribution in [2.24, 2.45) is 29.2 Å². The molecule has 1 heterocycles. The fraction of sp³-hybridized carbons (Fsp3) is 0.520. The van der Waals surface area contributed by atoms with E-state index in [0.717, 1.165) is 32.1 Å². The lowest BCUT2D eigenvalue weighted by molar-refractivity contribution is -0.126. The van der Waals surface area contributed by atoms with Gasteiger partial charge in [0.25, 0.3) is 5.91 Å². The van der Waals surface area contributed by atoms with Crippen LogP contribution in [-0.2, 0) is 9.59 Å². The van der Waals surface area contributed by atoms with Crippen LogP contribution in [0.25, 0.3) is 5.57 Å². The number of allylic oxidation sites excluding steroid dienone is 2. The normalized spacial score (nSPS) is 17.5. The zero-order valence-electron chi connectivity index (χ0n) is 20.6. The minimum atomic E-state index is -0.840. The molecule has 1 aromatic rings. The zero-order chi connectivity index (χ0) is 25.7. The topological polar surface area (TPSA) is 159 Å². The van der Waals surface area contributed by atoms with Crippen LogP contribution in [0.3, 0.4) is 0 Å². The smallest absolute Gasteiger partial charge is 0.269 e. The maximum absolute atomic E-state index is 14.8. The average molecular weight is 486 g/mol. The quantitative estimate of drug-likeness (QED) is 0.152. The molecule has 2 aliphatic carbocycles. The molecule has 2 saturated carbocycles. The first-order valence-electron chi connectivity index (χ1n) is 12.1. The number of rotatable bonds is 12. The van der Waals surface area contributed by atoms with Crippen molar-refractivity contribution in [2.75, 3.05) is 11.9 Å². The molecule has 0 unspecified atom stereocenters. The van der Waals surface area contributed by atoms with Crippen LogP contribution in [0.4, 0.5) is 10.2 Å². The molecule has 0 aromatic carbocycles. The highest BCUT2D eigenvalue weighted by Gasteiger charge is 2.48. The van der Waals surface area contributed by atoms with Gasteiger partial charge < -0.3 is 32.8 Å². The Morgan fingerprint density at radius 2 is 1.86 bits per heavy atom. The molecular weight excluding hydrogens is 449 g/mol. The summed E-state index contributed by atoms with van der Waals surface area (Å²) in [7, 11) is 0. The summed E-state index contributed by atoms with van der Waals surface area (Å²) >= 11 is 0. The minimum Gasteiger partial charge on any atom is -0.403 e. The van der Waals surface area contributed by atoms with E-state index < -0.39 is 23.8 Å². The molecule has 35 heavy (non-hydrogen) atoms. The summed E-state index contributed by atoms with van der Waals surface area (Å²) in [6.45, 7) is 5.65. The van der Waals surface area contributed by atoms with Crippen LogP contribution >= 0.6 is 0 Å². The van der Waals surface area contributed by atoms with Gasteiger partial charge in [-0.25, -0.2) is 4.98 Å². The maximum atomic E-state index is 14.8. The molecule has 1 atom stereocenters. The van der Waals surface area contributed by atoms with Gasteiger partial charge in [0.05, 0.1) is 0 Å². The molecule has 9 nitrogen and oxygen atoms in total. The van der Waals surface area contributed by atoms with Gasteiger partial charge in [0.15, 0.2) is 0 Å². The number of hydrogen-bond donors (Lipinski definition) is 6. The second kappa shape index (κ2) is 11.3. The molecule has 2 amide bonds. The van der Waals surface area contributed by atoms with E-state index >= 15 is 0 Å². The highest BCUT2D eigenvalue weighted by molar-refractivity contribution is 6.21. The molecule has 2 fully saturated rings. The number of amides is 2. The lowest BCUT2D eigenvalue weighted by Gasteiger charge is -2.28. The first-order chi connectivity index (χ1) is 16.7. The van der Waals surface area contributed by atoms with E-state index in [2.05, 4.69) is 20.9 Å². The summed E-state index contributed by atoms with van der Waals surface area (Å²) in [6, 6.07) is 2.12. The Labute approximate surface area is 205 Å². The van der Waals surface area contributed by atoms with Crippen molar-refractivity contribution in [1.29, 1.82) is 5.41 Å². The van der Waals surface area contributed by atoms with E-state index in [1.807, 2.05) is 6.92 Å². The first kappa shape index (κ1) is 26.2. The average Bonchev–Trinajstić information content (AvgIpc) is 3.70. The monoisotopic (exact) mass is 485 g/mol. The molecule has 0 saturated heterocycles. The third-order valence-corrected chi connectivity index (χ3v) is 6.40. The summed E-state index contributed by atoms with van der Waals surface area (Å²) in [5, 5.41) is 16.4. The standard InChI is InChI=1S/C25H36FN7O2/c1-4-11-30-18(12-27)24(34)33-22(21(15-5-6-15)16-7-8-16)25(35)32-19-10-9-17(23(26)31-19)20(13(2)28)14(3)29/h9-10,12,15-16,21-22,28,30H,4-8,11,27,29H2,1-3H3,(H,33,34)(H,31,32,35)/b18-12-,20-14?,28-13?/t22-/m0/s1. The second-order valence-corrected chi connectivity index (χ2v) is 9.42. The molecule has 0 bridgehead atoms. The fourth-order valence-electron chi connectivity index (χ4n) is 4.53. The van der Waals surface area contributed by atoms with Crippen molar-refractivity contribution >= 4 is 28.9 Å². The first-order valence-corrected chi connectivity index (χ1v) is 12.1. The molecule has 8 N–H and O–H groups in total. The van der Waals surface area contributed by atoms with E-state index in [9.17, 15) is 14.0 Å². The Balaban J connectivity index is 1.83. The predicted octanol–water partition coefficient (Wildman–Crippen LogP) is 2.61. The maximum Gasteiger partial charge on any atom is 0.269 e. The molecule has 190 valence electrons. The van der Waals surface area contributed by atoms with E-state index in [-0.39, 0.29) is 34.3 Å². The third-order valence-electron chi connectivity index (χ3n) is 6.40. The number of halogens is 1. The summed E-state index contributed by atoms with van der Waals surface area (Å²) in [5.74, 6) is -0.961. The summed E-state index contributed by atoms with van der Waals surface area (Å²) in [4.78, 5) is 30.2. The summed E-state index contributed by atoms with van der Waals surface area (Å²) in [6.07, 6.45) is 6.10. The third kappa shape index (κ3) is 6.58. The van der Waals surface area contributed by atoms with Crippen LogP contribution in [0.2, 0.25) is 0 Å². The van der Waals surface area contributed by atoms with Crippen molar-refractivity contribution in [3.63, 3.8) is 0 Å². The van der Waals surface area contributed by atoms with Gasteiger partial charge in [-0.05, 0) is 75.8 Å². The van der Waals surface area contributed by atoms with Gasteiger partial charge in [-0.2, -0.15) is 4.39 Å². The molecular formula is C25H36FN7O2. The van der Waals surface area contributed by atoms with Crippen molar-refractivity contribution in [3.05, 3.63) is 41.2 Å². The molecule has 0 radical (unpaired) electrons. The van der Waals surface area contributed by atoms with E-state index in [4.69, 9.17) is 16.9 Å². The summed E-state index contributed by atoms with van der Waals surface area (Å²) < 4.78 is 14.8. The predicted molar refractivity (Wildman–Crippen MR) is 134 cm³/mol. The largest absolute Gasteiger partial charge is 0.403 e. The highest BCUT2D eigenvalue weighted by atomic mass is 19.1. The van der Waals surface area contributed by atoms with Crippen molar-refractivity contribution in [2.45, 2.75) is 58.9 Å². The Hall–Kier alpha value is -3.43. The molecule has 2 aliphatic rings. The van der Waals surface area contributed by atoms with Crippen molar-refractivity contribution in [3.8, 4) is 0 Å². The lowest BCUT2D eigenvalue weighted by Crippen LogP contribution is -2.51. The second-order valence-electron chi connectivity index (χ2n) is 9.42. The molecule has 0 spiro atoms. The Morgan fingerprint density at radius 3 is 2.31 bits per heavy atom. The number of pyridine rings is 1. The highest BCUT2D eigenvalue weighted by Crippen LogP contribution is 2.50. The number of aromatic nitrogens is 1. The lowest BCUT2D eigenvalue weighted by atomic mass is 9.88. The van der Waals surface area contributed by atoms with E-state index in [1.54, 1.807) is 6.92 Å². The van der Waals surface area contributed by atoms with Crippen molar-refractivity contribution in [1.82, 2.24) is 15.6 Å². The van der Waals surface area contributed by atoms with Crippen LogP contribution in [0.5, 0.6) is 0 Å². The van der Waals surface area contributed by atoms with Gasteiger partial charge >= 0.3 is 0 Å². The van der Waals surface area contributed by atoms with E-state index in [0.29, 0.717) is 24.1 Å². The van der Waals surface area contributed by atoms with Gasteiger partial charge in [-0.3, -0.25) is 9.59 Å². The van der Waals surface area contributed by atoms with Crippen LogP contribution in [0.1, 0.15) is 58.4 Å². The van der Waals surface area contributed by atoms with E-state index in [1.165, 1.54) is 25.3 Å². The minimum absolute atomic E-state index is 0.00302. The molecule has 1 aromatic heterocycles. The molecule has 3 rings (SSSR count). The number of anilines is 1. The fourth-order valence-corrected chi connectivity index (χ4v) is 4.53. The van der Waals surface area contributed by atoms with Crippen LogP contribution in [-0.4, -0.2) is 35.1 Å². The van der Waals surface area contributed by atoms with Gasteiger partial charge in [-0.1, -0.05) is 6.92 Å². The number of nitrogens with two attached hydrogens (primary N) is 2. The summed E-state index contributed by atoms with van der Waals surface area (Å²) in [5.41, 5.74) is 12.5. The van der Waals surface area contributed by atoms with Crippen molar-refractivity contribution < 1.29 is 14.0 Å². The van der Waals surface area contributed by atoms with Gasteiger partial charge in [0, 0.05) is 35.3 Å². The number of hydrogen-bond acceptors (Lipinski definition) is 7.